The molecule has 2 aromatic carbocycles. The Balaban J connectivity index is 1.42. The standard InChI is InChI=1S/C19H11BrClN3O2S2/c20-11-3-1-10(2-4-11)14-7-8-15(26-14)17(25)23-18(27)24-19-22-13-6-5-12(21)9-16(13)28-19/h1-9H,(H2,22,23,24,25,27). The average molecular weight is 493 g/mol. The maximum Gasteiger partial charge on any atom is 0.293 e. The van der Waals surface area contributed by atoms with Gasteiger partial charge in [0.2, 0.25) is 0 Å². The molecule has 0 aliphatic heterocycles. The number of anilines is 1. The van der Waals surface area contributed by atoms with Crippen molar-refractivity contribution in [1.29, 1.82) is 0 Å². The lowest BCUT2D eigenvalue weighted by Gasteiger charge is -2.05. The van der Waals surface area contributed by atoms with Crippen molar-refractivity contribution in [3.05, 3.63) is 69.9 Å². The van der Waals surface area contributed by atoms with Crippen molar-refractivity contribution in [2.24, 2.45) is 0 Å². The molecule has 0 atom stereocenters. The first-order valence-electron chi connectivity index (χ1n) is 8.02. The molecule has 4 aromatic rings. The quantitative estimate of drug-likeness (QED) is 0.338. The summed E-state index contributed by atoms with van der Waals surface area (Å²) in [6, 6.07) is 16.4. The van der Waals surface area contributed by atoms with Gasteiger partial charge in [0, 0.05) is 15.1 Å². The first-order valence-corrected chi connectivity index (χ1v) is 10.4. The second-order valence-corrected chi connectivity index (χ2v) is 8.50. The van der Waals surface area contributed by atoms with Crippen LogP contribution in [0, 0.1) is 0 Å². The van der Waals surface area contributed by atoms with Gasteiger partial charge in [-0.1, -0.05) is 51.0 Å². The van der Waals surface area contributed by atoms with Gasteiger partial charge in [0.05, 0.1) is 10.2 Å². The van der Waals surface area contributed by atoms with E-state index in [2.05, 4.69) is 31.5 Å². The Morgan fingerprint density at radius 3 is 2.71 bits per heavy atom. The van der Waals surface area contributed by atoms with Gasteiger partial charge in [-0.3, -0.25) is 10.1 Å². The third-order valence-corrected chi connectivity index (χ3v) is 5.66. The van der Waals surface area contributed by atoms with Crippen LogP contribution < -0.4 is 10.6 Å². The molecule has 0 bridgehead atoms. The minimum absolute atomic E-state index is 0.136. The van der Waals surface area contributed by atoms with Crippen LogP contribution >= 0.6 is 51.1 Å². The van der Waals surface area contributed by atoms with Crippen LogP contribution in [-0.4, -0.2) is 16.0 Å². The molecule has 2 heterocycles. The van der Waals surface area contributed by atoms with E-state index in [1.807, 2.05) is 36.4 Å². The lowest BCUT2D eigenvalue weighted by Crippen LogP contribution is -2.33. The molecule has 0 fully saturated rings. The summed E-state index contributed by atoms with van der Waals surface area (Å²) in [5.41, 5.74) is 1.67. The van der Waals surface area contributed by atoms with Crippen LogP contribution in [0.3, 0.4) is 0 Å². The van der Waals surface area contributed by atoms with Crippen LogP contribution in [0.4, 0.5) is 5.13 Å². The highest BCUT2D eigenvalue weighted by molar-refractivity contribution is 9.10. The van der Waals surface area contributed by atoms with E-state index in [1.165, 1.54) is 11.3 Å². The number of hydrogen-bond acceptors (Lipinski definition) is 5. The minimum Gasteiger partial charge on any atom is -0.451 e. The van der Waals surface area contributed by atoms with Gasteiger partial charge in [-0.25, -0.2) is 4.98 Å². The van der Waals surface area contributed by atoms with E-state index in [1.54, 1.807) is 18.2 Å². The SMILES string of the molecule is O=C(NC(=S)Nc1nc2ccc(Cl)cc2s1)c1ccc(-c2ccc(Br)cc2)o1. The van der Waals surface area contributed by atoms with E-state index in [-0.39, 0.29) is 10.9 Å². The summed E-state index contributed by atoms with van der Waals surface area (Å²) < 4.78 is 7.53. The fourth-order valence-electron chi connectivity index (χ4n) is 2.47. The van der Waals surface area contributed by atoms with Crippen LogP contribution in [-0.2, 0) is 0 Å². The van der Waals surface area contributed by atoms with Crippen LogP contribution in [0.15, 0.2) is 63.5 Å². The summed E-state index contributed by atoms with van der Waals surface area (Å²) in [6.07, 6.45) is 0. The molecular weight excluding hydrogens is 482 g/mol. The first kappa shape index (κ1) is 19.1. The molecule has 140 valence electrons. The Morgan fingerprint density at radius 2 is 1.93 bits per heavy atom. The van der Waals surface area contributed by atoms with Crippen molar-refractivity contribution in [1.82, 2.24) is 10.3 Å². The fraction of sp³-hybridized carbons (Fsp3) is 0. The van der Waals surface area contributed by atoms with Crippen molar-refractivity contribution in [2.75, 3.05) is 5.32 Å². The molecule has 5 nitrogen and oxygen atoms in total. The number of halogens is 2. The van der Waals surface area contributed by atoms with Crippen LogP contribution in [0.25, 0.3) is 21.5 Å². The molecule has 0 aliphatic carbocycles. The Kier molecular flexibility index (Phi) is 5.45. The molecule has 0 aliphatic rings. The second-order valence-electron chi connectivity index (χ2n) is 5.71. The number of benzene rings is 2. The van der Waals surface area contributed by atoms with Crippen molar-refractivity contribution in [3.63, 3.8) is 0 Å². The smallest absolute Gasteiger partial charge is 0.293 e. The van der Waals surface area contributed by atoms with E-state index < -0.39 is 5.91 Å². The number of rotatable bonds is 3. The molecule has 9 heteroatoms. The number of fused-ring (bicyclic) bond motifs is 1. The molecule has 0 saturated heterocycles. The van der Waals surface area contributed by atoms with Gasteiger partial charge in [-0.2, -0.15) is 0 Å². The predicted molar refractivity (Wildman–Crippen MR) is 120 cm³/mol. The van der Waals surface area contributed by atoms with Gasteiger partial charge >= 0.3 is 0 Å². The fourth-order valence-corrected chi connectivity index (χ4v) is 4.14. The molecule has 4 rings (SSSR count). The van der Waals surface area contributed by atoms with Gasteiger partial charge in [-0.15, -0.1) is 0 Å². The van der Waals surface area contributed by atoms with Crippen LogP contribution in [0.1, 0.15) is 10.6 Å². The number of thiazole rings is 1. The summed E-state index contributed by atoms with van der Waals surface area (Å²) in [7, 11) is 0. The molecule has 0 spiro atoms. The van der Waals surface area contributed by atoms with Crippen molar-refractivity contribution in [2.45, 2.75) is 0 Å². The maximum atomic E-state index is 12.4. The summed E-state index contributed by atoms with van der Waals surface area (Å²) in [5, 5.41) is 6.85. The Hall–Kier alpha value is -2.26. The largest absolute Gasteiger partial charge is 0.451 e. The number of thiocarbonyl (C=S) groups is 1. The first-order chi connectivity index (χ1) is 13.5. The number of furan rings is 1. The number of hydrogen-bond donors (Lipinski definition) is 2. The van der Waals surface area contributed by atoms with Gasteiger partial charge in [0.15, 0.2) is 16.0 Å². The lowest BCUT2D eigenvalue weighted by molar-refractivity contribution is 0.0951. The van der Waals surface area contributed by atoms with Gasteiger partial charge in [0.25, 0.3) is 5.91 Å². The van der Waals surface area contributed by atoms with Gasteiger partial charge < -0.3 is 9.73 Å². The third kappa shape index (κ3) is 4.25. The Labute approximate surface area is 182 Å². The molecule has 1 amide bonds. The monoisotopic (exact) mass is 491 g/mol. The van der Waals surface area contributed by atoms with E-state index in [0.29, 0.717) is 15.9 Å². The highest BCUT2D eigenvalue weighted by Gasteiger charge is 2.15. The second kappa shape index (κ2) is 8.00. The van der Waals surface area contributed by atoms with Crippen LogP contribution in [0.5, 0.6) is 0 Å². The highest BCUT2D eigenvalue weighted by atomic mass is 79.9. The maximum absolute atomic E-state index is 12.4. The number of nitrogens with one attached hydrogen (secondary N) is 2. The topological polar surface area (TPSA) is 67.2 Å². The number of amides is 1. The van der Waals surface area contributed by atoms with E-state index in [9.17, 15) is 4.79 Å². The number of aromatic nitrogens is 1. The van der Waals surface area contributed by atoms with Crippen LogP contribution in [0.2, 0.25) is 5.02 Å². The third-order valence-electron chi connectivity index (χ3n) is 3.76. The zero-order valence-electron chi connectivity index (χ0n) is 14.0. The lowest BCUT2D eigenvalue weighted by atomic mass is 10.2. The normalized spacial score (nSPS) is 10.8. The van der Waals surface area contributed by atoms with E-state index in [4.69, 9.17) is 28.2 Å². The molecule has 0 radical (unpaired) electrons. The van der Waals surface area contributed by atoms with Crippen molar-refractivity contribution >= 4 is 77.5 Å². The molecular formula is C19H11BrClN3O2S2. The Morgan fingerprint density at radius 1 is 1.14 bits per heavy atom. The van der Waals surface area contributed by atoms with Crippen molar-refractivity contribution < 1.29 is 9.21 Å². The number of carbonyl (C=O) groups is 1. The summed E-state index contributed by atoms with van der Waals surface area (Å²) in [5.74, 6) is 0.322. The summed E-state index contributed by atoms with van der Waals surface area (Å²) in [4.78, 5) is 16.8. The van der Waals surface area contributed by atoms with E-state index in [0.717, 1.165) is 20.3 Å². The number of nitrogens with zero attached hydrogens (tertiary/aromatic N) is 1. The molecule has 2 aromatic heterocycles. The minimum atomic E-state index is -0.440. The van der Waals surface area contributed by atoms with E-state index >= 15 is 0 Å². The molecule has 28 heavy (non-hydrogen) atoms. The zero-order valence-corrected chi connectivity index (χ0v) is 18.0. The summed E-state index contributed by atoms with van der Waals surface area (Å²) >= 11 is 16.0. The number of carbonyl (C=O) groups excluding carboxylic acids is 1. The zero-order chi connectivity index (χ0) is 19.7. The van der Waals surface area contributed by atoms with Crippen molar-refractivity contribution in [3.8, 4) is 11.3 Å². The Bertz CT molecular complexity index is 1190. The van der Waals surface area contributed by atoms with Gasteiger partial charge in [0.1, 0.15) is 5.76 Å². The molecule has 2 N–H and O–H groups in total. The summed E-state index contributed by atoms with van der Waals surface area (Å²) in [6.45, 7) is 0. The average Bonchev–Trinajstić information content (AvgIpc) is 3.28. The molecule has 0 unspecified atom stereocenters. The van der Waals surface area contributed by atoms with Gasteiger partial charge in [-0.05, 0) is 54.7 Å². The predicted octanol–water partition coefficient (Wildman–Crippen LogP) is 6.10. The highest BCUT2D eigenvalue weighted by Crippen LogP contribution is 2.28. The molecule has 0 saturated carbocycles.